The molecule has 9 heteroatoms. The van der Waals surface area contributed by atoms with E-state index in [0.717, 1.165) is 44.9 Å². The number of aliphatic hydroxyl groups excluding tert-OH is 3. The number of carbonyl (C=O) groups excluding carboxylic acids is 2. The smallest absolute Gasteiger partial charge is 0.247 e. The van der Waals surface area contributed by atoms with E-state index in [4.69, 9.17) is 9.47 Å². The van der Waals surface area contributed by atoms with E-state index in [1.54, 1.807) is 18.2 Å². The van der Waals surface area contributed by atoms with Crippen LogP contribution in [0.4, 0.5) is 0 Å². The predicted octanol–water partition coefficient (Wildman–Crippen LogP) is 2.16. The molecule has 0 saturated heterocycles. The molecule has 1 aromatic rings. The van der Waals surface area contributed by atoms with Gasteiger partial charge in [0.05, 0.1) is 32.3 Å². The van der Waals surface area contributed by atoms with Crippen LogP contribution < -0.4 is 14.8 Å². The average Bonchev–Trinajstić information content (AvgIpc) is 3.32. The maximum atomic E-state index is 13.6. The van der Waals surface area contributed by atoms with Gasteiger partial charge in [0.2, 0.25) is 11.8 Å². The Bertz CT molecular complexity index is 1000. The molecule has 4 atom stereocenters. The molecule has 0 unspecified atom stereocenters. The monoisotopic (exact) mass is 516 g/mol. The van der Waals surface area contributed by atoms with Crippen molar-refractivity contribution in [2.45, 2.75) is 95.1 Å². The molecule has 1 fully saturated rings. The summed E-state index contributed by atoms with van der Waals surface area (Å²) in [6, 6.07) is 2.72. The van der Waals surface area contributed by atoms with Gasteiger partial charge in [-0.05, 0) is 43.0 Å². The van der Waals surface area contributed by atoms with Crippen LogP contribution in [0, 0.1) is 0 Å². The topological polar surface area (TPSA) is 129 Å². The summed E-state index contributed by atoms with van der Waals surface area (Å²) in [6.45, 7) is 1.69. The summed E-state index contributed by atoms with van der Waals surface area (Å²) in [6.07, 6.45) is 6.78. The number of unbranched alkanes of at least 4 members (excludes halogenated alkanes) is 1. The molecule has 0 aromatic heterocycles. The number of ether oxygens (including phenoxy) is 2. The number of hydrogen-bond acceptors (Lipinski definition) is 7. The first-order valence-corrected chi connectivity index (χ1v) is 13.5. The first-order valence-electron chi connectivity index (χ1n) is 13.5. The Morgan fingerprint density at radius 3 is 2.59 bits per heavy atom. The minimum atomic E-state index is -1.07. The number of nitrogens with zero attached hydrogens (tertiary/aromatic N) is 1. The van der Waals surface area contributed by atoms with Gasteiger partial charge >= 0.3 is 0 Å². The Labute approximate surface area is 218 Å². The number of methoxy groups -OCH3 is 1. The maximum Gasteiger partial charge on any atom is 0.247 e. The van der Waals surface area contributed by atoms with Gasteiger partial charge in [0.15, 0.2) is 11.5 Å². The highest BCUT2D eigenvalue weighted by Crippen LogP contribution is 2.51. The van der Waals surface area contributed by atoms with Gasteiger partial charge in [-0.2, -0.15) is 0 Å². The second-order valence-electron chi connectivity index (χ2n) is 10.2. The third kappa shape index (κ3) is 5.49. The van der Waals surface area contributed by atoms with E-state index in [9.17, 15) is 24.9 Å². The van der Waals surface area contributed by atoms with Crippen molar-refractivity contribution in [3.8, 4) is 11.5 Å². The van der Waals surface area contributed by atoms with Gasteiger partial charge in [0.1, 0.15) is 12.2 Å². The Morgan fingerprint density at radius 2 is 1.95 bits per heavy atom. The van der Waals surface area contributed by atoms with Crippen LogP contribution in [0.25, 0.3) is 0 Å². The Balaban J connectivity index is 1.80. The van der Waals surface area contributed by atoms with Crippen LogP contribution in [0.2, 0.25) is 0 Å². The number of carbonyl (C=O) groups is 2. The summed E-state index contributed by atoms with van der Waals surface area (Å²) < 4.78 is 11.8. The zero-order chi connectivity index (χ0) is 26.5. The van der Waals surface area contributed by atoms with Crippen LogP contribution in [0.15, 0.2) is 23.8 Å². The first kappa shape index (κ1) is 27.4. The minimum Gasteiger partial charge on any atom is -0.493 e. The fraction of sp³-hybridized carbons (Fsp3) is 0.643. The Hall–Kier alpha value is -2.62. The lowest BCUT2D eigenvalue weighted by atomic mass is 9.76. The van der Waals surface area contributed by atoms with Crippen LogP contribution in [-0.4, -0.2) is 76.6 Å². The lowest BCUT2D eigenvalue weighted by Crippen LogP contribution is -2.58. The van der Waals surface area contributed by atoms with Crippen LogP contribution in [-0.2, 0) is 16.2 Å². The van der Waals surface area contributed by atoms with Crippen molar-refractivity contribution in [1.29, 1.82) is 0 Å². The van der Waals surface area contributed by atoms with E-state index in [1.807, 2.05) is 11.8 Å². The molecule has 4 rings (SSSR count). The minimum absolute atomic E-state index is 0.00776. The van der Waals surface area contributed by atoms with Crippen molar-refractivity contribution < 1.29 is 34.4 Å². The summed E-state index contributed by atoms with van der Waals surface area (Å²) in [5.41, 5.74) is 1.64. The number of benzene rings is 1. The van der Waals surface area contributed by atoms with E-state index in [0.29, 0.717) is 34.6 Å². The second-order valence-corrected chi connectivity index (χ2v) is 10.2. The Morgan fingerprint density at radius 1 is 1.19 bits per heavy atom. The number of nitrogens with one attached hydrogen (secondary N) is 1. The molecule has 9 nitrogen and oxygen atoms in total. The molecule has 1 aliphatic heterocycles. The number of hydrogen-bond donors (Lipinski definition) is 4. The molecule has 0 radical (unpaired) electrons. The second kappa shape index (κ2) is 12.3. The average molecular weight is 517 g/mol. The van der Waals surface area contributed by atoms with Gasteiger partial charge in [0.25, 0.3) is 0 Å². The third-order valence-corrected chi connectivity index (χ3v) is 7.82. The zero-order valence-electron chi connectivity index (χ0n) is 21.8. The summed E-state index contributed by atoms with van der Waals surface area (Å²) in [5, 5.41) is 33.6. The predicted molar refractivity (Wildman–Crippen MR) is 137 cm³/mol. The van der Waals surface area contributed by atoms with Crippen molar-refractivity contribution in [1.82, 2.24) is 10.2 Å². The van der Waals surface area contributed by atoms with Crippen molar-refractivity contribution in [3.63, 3.8) is 0 Å². The highest BCUT2D eigenvalue weighted by atomic mass is 16.5. The molecular formula is C28H40N2O7. The molecule has 3 aliphatic rings. The van der Waals surface area contributed by atoms with E-state index in [2.05, 4.69) is 5.32 Å². The van der Waals surface area contributed by atoms with E-state index >= 15 is 0 Å². The lowest BCUT2D eigenvalue weighted by molar-refractivity contribution is -0.141. The lowest BCUT2D eigenvalue weighted by Gasteiger charge is -2.45. The SMILES string of the molecule is CCCCC(=O)N(C1CCCCC1)[C@@H]1C=C(C(=O)NCCO)[C@@H]2c3cc(CO)cc(OC)c3O[C@@H]2[C@H]1O. The van der Waals surface area contributed by atoms with Gasteiger partial charge in [-0.25, -0.2) is 0 Å². The van der Waals surface area contributed by atoms with Gasteiger partial charge < -0.3 is 35.0 Å². The van der Waals surface area contributed by atoms with E-state index in [1.165, 1.54) is 7.11 Å². The molecule has 1 aromatic carbocycles. The van der Waals surface area contributed by atoms with Crippen LogP contribution in [0.5, 0.6) is 11.5 Å². The van der Waals surface area contributed by atoms with Crippen molar-refractivity contribution >= 4 is 11.8 Å². The number of rotatable bonds is 10. The van der Waals surface area contributed by atoms with Crippen LogP contribution >= 0.6 is 0 Å². The van der Waals surface area contributed by atoms with Gasteiger partial charge in [0, 0.05) is 30.1 Å². The fourth-order valence-electron chi connectivity index (χ4n) is 6.02. The van der Waals surface area contributed by atoms with Gasteiger partial charge in [-0.3, -0.25) is 9.59 Å². The Kier molecular flexibility index (Phi) is 9.10. The largest absolute Gasteiger partial charge is 0.493 e. The first-order chi connectivity index (χ1) is 17.9. The fourth-order valence-corrected chi connectivity index (χ4v) is 6.02. The molecule has 0 bridgehead atoms. The van der Waals surface area contributed by atoms with Crippen LogP contribution in [0.1, 0.15) is 75.3 Å². The summed E-state index contributed by atoms with van der Waals surface area (Å²) >= 11 is 0. The molecule has 1 heterocycles. The van der Waals surface area contributed by atoms with Crippen molar-refractivity contribution in [2.75, 3.05) is 20.3 Å². The summed E-state index contributed by atoms with van der Waals surface area (Å²) in [7, 11) is 1.50. The van der Waals surface area contributed by atoms with Crippen LogP contribution in [0.3, 0.4) is 0 Å². The van der Waals surface area contributed by atoms with Crippen molar-refractivity contribution in [3.05, 3.63) is 34.9 Å². The molecule has 0 spiro atoms. The standard InChI is InChI=1S/C28H40N2O7/c1-3-4-10-23(33)30(18-8-6-5-7-9-18)21-15-20(28(35)29-11-12-31)24-19-13-17(16-32)14-22(36-2)26(19)37-27(24)25(21)34/h13-15,18,21,24-25,27,31-32,34H,3-12,16H2,1-2H3,(H,29,35)/t21-,24+,25+,27+/m1/s1. The third-order valence-electron chi connectivity index (χ3n) is 7.82. The van der Waals surface area contributed by atoms with Crippen molar-refractivity contribution in [2.24, 2.45) is 0 Å². The summed E-state index contributed by atoms with van der Waals surface area (Å²) in [5.74, 6) is -0.164. The normalized spacial score (nSPS) is 24.9. The van der Waals surface area contributed by atoms with E-state index in [-0.39, 0.29) is 37.6 Å². The molecule has 4 N–H and O–H groups in total. The molecular weight excluding hydrogens is 476 g/mol. The molecule has 204 valence electrons. The molecule has 1 saturated carbocycles. The number of aliphatic hydroxyl groups is 3. The maximum absolute atomic E-state index is 13.6. The molecule has 2 amide bonds. The molecule has 2 aliphatic carbocycles. The highest BCUT2D eigenvalue weighted by Gasteiger charge is 2.52. The zero-order valence-corrected chi connectivity index (χ0v) is 21.8. The number of amides is 2. The van der Waals surface area contributed by atoms with Gasteiger partial charge in [-0.15, -0.1) is 0 Å². The van der Waals surface area contributed by atoms with E-state index < -0.39 is 24.2 Å². The molecule has 37 heavy (non-hydrogen) atoms. The summed E-state index contributed by atoms with van der Waals surface area (Å²) in [4.78, 5) is 28.8. The highest BCUT2D eigenvalue weighted by molar-refractivity contribution is 5.96. The quantitative estimate of drug-likeness (QED) is 0.375. The number of fused-ring (bicyclic) bond motifs is 3. The van der Waals surface area contributed by atoms with Gasteiger partial charge in [-0.1, -0.05) is 32.6 Å².